The number of nitrogens with zero attached hydrogens (tertiary/aromatic N) is 5. The van der Waals surface area contributed by atoms with Gasteiger partial charge in [-0.05, 0) is 30.7 Å². The molecule has 4 aromatic rings. The standard InChI is InChI=1S/C22H23FN6O/c1-14-17(12-26-28(14)4)19-8-9-24-20-11-18(27-29(19)20)21(30)25-13-22(2,3)15-6-5-7-16(23)10-15/h5-12H,13H2,1-4H3,(H,25,30). The molecule has 0 fully saturated rings. The van der Waals surface area contributed by atoms with Gasteiger partial charge in [0.1, 0.15) is 5.82 Å². The minimum atomic E-state index is -0.437. The van der Waals surface area contributed by atoms with Crippen molar-refractivity contribution in [3.05, 3.63) is 71.6 Å². The van der Waals surface area contributed by atoms with E-state index in [1.807, 2.05) is 40.0 Å². The first-order valence-corrected chi connectivity index (χ1v) is 9.64. The smallest absolute Gasteiger partial charge is 0.271 e. The van der Waals surface area contributed by atoms with Gasteiger partial charge in [0.15, 0.2) is 11.3 Å². The minimum absolute atomic E-state index is 0.270. The molecule has 1 amide bonds. The molecule has 0 unspecified atom stereocenters. The second kappa shape index (κ2) is 7.37. The van der Waals surface area contributed by atoms with E-state index in [-0.39, 0.29) is 17.4 Å². The lowest BCUT2D eigenvalue weighted by Gasteiger charge is -2.25. The molecule has 0 aliphatic heterocycles. The van der Waals surface area contributed by atoms with Crippen LogP contribution in [0.15, 0.2) is 48.8 Å². The molecule has 1 N–H and O–H groups in total. The van der Waals surface area contributed by atoms with E-state index in [0.717, 1.165) is 22.5 Å². The Hall–Kier alpha value is -3.55. The summed E-state index contributed by atoms with van der Waals surface area (Å²) < 4.78 is 17.0. The number of aromatic nitrogens is 5. The second-order valence-corrected chi connectivity index (χ2v) is 7.97. The first-order valence-electron chi connectivity index (χ1n) is 9.64. The fraction of sp³-hybridized carbons (Fsp3) is 0.273. The molecule has 8 heteroatoms. The number of carbonyl (C=O) groups excluding carboxylic acids is 1. The van der Waals surface area contributed by atoms with Crippen LogP contribution in [0.5, 0.6) is 0 Å². The van der Waals surface area contributed by atoms with Crippen molar-refractivity contribution < 1.29 is 9.18 Å². The zero-order valence-corrected chi connectivity index (χ0v) is 17.3. The summed E-state index contributed by atoms with van der Waals surface area (Å²) in [6, 6.07) is 9.92. The fourth-order valence-corrected chi connectivity index (χ4v) is 3.36. The van der Waals surface area contributed by atoms with E-state index in [1.54, 1.807) is 33.7 Å². The molecule has 4 rings (SSSR count). The van der Waals surface area contributed by atoms with Crippen LogP contribution in [-0.4, -0.2) is 36.8 Å². The molecule has 7 nitrogen and oxygen atoms in total. The number of amides is 1. The molecule has 3 aromatic heterocycles. The van der Waals surface area contributed by atoms with Gasteiger partial charge >= 0.3 is 0 Å². The lowest BCUT2D eigenvalue weighted by Crippen LogP contribution is -2.36. The number of hydrogen-bond donors (Lipinski definition) is 1. The summed E-state index contributed by atoms with van der Waals surface area (Å²) in [6.45, 7) is 6.22. The maximum absolute atomic E-state index is 13.6. The maximum Gasteiger partial charge on any atom is 0.271 e. The van der Waals surface area contributed by atoms with Gasteiger partial charge in [0, 0.05) is 42.5 Å². The van der Waals surface area contributed by atoms with Gasteiger partial charge in [0.2, 0.25) is 0 Å². The van der Waals surface area contributed by atoms with Crippen LogP contribution < -0.4 is 5.32 Å². The van der Waals surface area contributed by atoms with E-state index in [2.05, 4.69) is 20.5 Å². The van der Waals surface area contributed by atoms with Crippen molar-refractivity contribution in [3.8, 4) is 11.3 Å². The Labute approximate surface area is 173 Å². The van der Waals surface area contributed by atoms with Crippen LogP contribution in [0.1, 0.15) is 35.6 Å². The summed E-state index contributed by atoms with van der Waals surface area (Å²) in [5.74, 6) is -0.601. The van der Waals surface area contributed by atoms with Crippen LogP contribution in [0.2, 0.25) is 0 Å². The Balaban J connectivity index is 1.58. The summed E-state index contributed by atoms with van der Waals surface area (Å²) in [4.78, 5) is 17.1. The molecule has 0 saturated heterocycles. The van der Waals surface area contributed by atoms with Gasteiger partial charge < -0.3 is 5.32 Å². The number of aryl methyl sites for hydroxylation is 1. The number of carbonyl (C=O) groups is 1. The number of halogens is 1. The highest BCUT2D eigenvalue weighted by atomic mass is 19.1. The highest BCUT2D eigenvalue weighted by Crippen LogP contribution is 2.24. The van der Waals surface area contributed by atoms with Crippen LogP contribution >= 0.6 is 0 Å². The Morgan fingerprint density at radius 3 is 2.73 bits per heavy atom. The minimum Gasteiger partial charge on any atom is -0.350 e. The largest absolute Gasteiger partial charge is 0.350 e. The Morgan fingerprint density at radius 2 is 2.03 bits per heavy atom. The van der Waals surface area contributed by atoms with E-state index in [9.17, 15) is 9.18 Å². The lowest BCUT2D eigenvalue weighted by atomic mass is 9.84. The number of hydrogen-bond acceptors (Lipinski definition) is 4. The average molecular weight is 406 g/mol. The van der Waals surface area contributed by atoms with Crippen molar-refractivity contribution in [2.75, 3.05) is 6.54 Å². The number of fused-ring (bicyclic) bond motifs is 1. The van der Waals surface area contributed by atoms with Crippen LogP contribution in [0.3, 0.4) is 0 Å². The van der Waals surface area contributed by atoms with Gasteiger partial charge in [-0.2, -0.15) is 10.2 Å². The van der Waals surface area contributed by atoms with Gasteiger partial charge in [-0.15, -0.1) is 0 Å². The molecule has 0 saturated carbocycles. The third-order valence-electron chi connectivity index (χ3n) is 5.40. The molecule has 1 aromatic carbocycles. The first-order chi connectivity index (χ1) is 14.3. The zero-order valence-electron chi connectivity index (χ0n) is 17.3. The van der Waals surface area contributed by atoms with Gasteiger partial charge in [0.25, 0.3) is 5.91 Å². The van der Waals surface area contributed by atoms with Crippen LogP contribution in [0.4, 0.5) is 4.39 Å². The topological polar surface area (TPSA) is 77.1 Å². The molecule has 0 spiro atoms. The SMILES string of the molecule is Cc1c(-c2ccnc3cc(C(=O)NCC(C)(C)c4cccc(F)c4)nn23)cnn1C. The van der Waals surface area contributed by atoms with Crippen molar-refractivity contribution in [2.45, 2.75) is 26.2 Å². The molecule has 0 radical (unpaired) electrons. The highest BCUT2D eigenvalue weighted by Gasteiger charge is 2.23. The van der Waals surface area contributed by atoms with E-state index in [0.29, 0.717) is 12.2 Å². The Bertz CT molecular complexity index is 1240. The van der Waals surface area contributed by atoms with Crippen LogP contribution in [0, 0.1) is 12.7 Å². The summed E-state index contributed by atoms with van der Waals surface area (Å²) >= 11 is 0. The van der Waals surface area contributed by atoms with Crippen LogP contribution in [0.25, 0.3) is 16.9 Å². The molecule has 0 aliphatic rings. The number of nitrogens with one attached hydrogen (secondary N) is 1. The van der Waals surface area contributed by atoms with Gasteiger partial charge in [-0.1, -0.05) is 26.0 Å². The third-order valence-corrected chi connectivity index (χ3v) is 5.40. The average Bonchev–Trinajstić information content (AvgIpc) is 3.30. The third kappa shape index (κ3) is 3.56. The first kappa shape index (κ1) is 19.8. The predicted octanol–water partition coefficient (Wildman–Crippen LogP) is 3.28. The van der Waals surface area contributed by atoms with Crippen molar-refractivity contribution in [2.24, 2.45) is 7.05 Å². The molecule has 154 valence electrons. The summed E-state index contributed by atoms with van der Waals surface area (Å²) in [7, 11) is 1.87. The van der Waals surface area contributed by atoms with E-state index in [4.69, 9.17) is 0 Å². The molecular weight excluding hydrogens is 383 g/mol. The quantitative estimate of drug-likeness (QED) is 0.552. The maximum atomic E-state index is 13.6. The van der Waals surface area contributed by atoms with Crippen LogP contribution in [-0.2, 0) is 12.5 Å². The molecule has 30 heavy (non-hydrogen) atoms. The summed E-state index contributed by atoms with van der Waals surface area (Å²) in [5.41, 5.74) is 3.94. The second-order valence-electron chi connectivity index (χ2n) is 7.97. The summed E-state index contributed by atoms with van der Waals surface area (Å²) in [5, 5.41) is 11.7. The highest BCUT2D eigenvalue weighted by molar-refractivity contribution is 5.93. The van der Waals surface area contributed by atoms with E-state index in [1.165, 1.54) is 12.1 Å². The summed E-state index contributed by atoms with van der Waals surface area (Å²) in [6.07, 6.45) is 3.46. The lowest BCUT2D eigenvalue weighted by molar-refractivity contribution is 0.0940. The van der Waals surface area contributed by atoms with Crippen molar-refractivity contribution in [3.63, 3.8) is 0 Å². The van der Waals surface area contributed by atoms with Gasteiger partial charge in [0.05, 0.1) is 11.9 Å². The fourth-order valence-electron chi connectivity index (χ4n) is 3.36. The van der Waals surface area contributed by atoms with Gasteiger partial charge in [-0.25, -0.2) is 13.9 Å². The van der Waals surface area contributed by atoms with Gasteiger partial charge in [-0.3, -0.25) is 9.48 Å². The Morgan fingerprint density at radius 1 is 1.23 bits per heavy atom. The van der Waals surface area contributed by atoms with Crippen molar-refractivity contribution >= 4 is 11.6 Å². The van der Waals surface area contributed by atoms with E-state index < -0.39 is 5.41 Å². The number of rotatable bonds is 5. The normalized spacial score (nSPS) is 11.8. The predicted molar refractivity (Wildman–Crippen MR) is 112 cm³/mol. The van der Waals surface area contributed by atoms with E-state index >= 15 is 0 Å². The van der Waals surface area contributed by atoms with Crippen molar-refractivity contribution in [1.82, 2.24) is 29.7 Å². The molecule has 0 aliphatic carbocycles. The molecule has 0 bridgehead atoms. The van der Waals surface area contributed by atoms with Crippen molar-refractivity contribution in [1.29, 1.82) is 0 Å². The molecule has 0 atom stereocenters. The molecular formula is C22H23FN6O. The Kier molecular flexibility index (Phi) is 4.85. The zero-order chi connectivity index (χ0) is 21.5. The number of benzene rings is 1. The monoisotopic (exact) mass is 406 g/mol. The molecule has 3 heterocycles.